The summed E-state index contributed by atoms with van der Waals surface area (Å²) in [6.45, 7) is 0.496. The standard InChI is InChI=1S/C25H24FN5O2/c26-17-9-5-15(6-10-17)23-30-19-12-8-16(7-11-18(19)25(33)31-23)24(32)27-14-13-22-28-20-3-1-2-4-21(20)29-22/h1-6,9-10,16H,7-8,11-14H2,(H,27,32)(H,28,29)(H,30,31,33). The molecule has 7 nitrogen and oxygen atoms in total. The highest BCUT2D eigenvalue weighted by Gasteiger charge is 2.25. The zero-order valence-electron chi connectivity index (χ0n) is 18.0. The summed E-state index contributed by atoms with van der Waals surface area (Å²) >= 11 is 0. The molecular formula is C25H24FN5O2. The lowest BCUT2D eigenvalue weighted by Crippen LogP contribution is -2.32. The van der Waals surface area contributed by atoms with Crippen LogP contribution in [0.2, 0.25) is 0 Å². The van der Waals surface area contributed by atoms with Crippen molar-refractivity contribution in [2.45, 2.75) is 32.1 Å². The molecule has 0 saturated carbocycles. The minimum absolute atomic E-state index is 0.00546. The summed E-state index contributed by atoms with van der Waals surface area (Å²) in [4.78, 5) is 40.7. The Balaban J connectivity index is 1.22. The van der Waals surface area contributed by atoms with Gasteiger partial charge in [0.1, 0.15) is 17.5 Å². The Bertz CT molecular complexity index is 1330. The van der Waals surface area contributed by atoms with Crippen molar-refractivity contribution in [3.8, 4) is 11.4 Å². The van der Waals surface area contributed by atoms with E-state index in [-0.39, 0.29) is 23.2 Å². The fourth-order valence-corrected chi connectivity index (χ4v) is 4.36. The normalized spacial score (nSPS) is 15.7. The number of benzene rings is 2. The van der Waals surface area contributed by atoms with E-state index >= 15 is 0 Å². The van der Waals surface area contributed by atoms with E-state index in [9.17, 15) is 14.0 Å². The zero-order valence-corrected chi connectivity index (χ0v) is 18.0. The molecule has 1 amide bonds. The first-order chi connectivity index (χ1) is 16.1. The van der Waals surface area contributed by atoms with Crippen molar-refractivity contribution < 1.29 is 9.18 Å². The number of para-hydroxylation sites is 2. The van der Waals surface area contributed by atoms with E-state index in [4.69, 9.17) is 0 Å². The summed E-state index contributed by atoms with van der Waals surface area (Å²) in [5, 5.41) is 3.02. The second-order valence-electron chi connectivity index (χ2n) is 8.36. The molecule has 1 unspecified atom stereocenters. The number of fused-ring (bicyclic) bond motifs is 2. The zero-order chi connectivity index (χ0) is 22.8. The number of aromatic nitrogens is 4. The van der Waals surface area contributed by atoms with Crippen molar-refractivity contribution in [1.29, 1.82) is 0 Å². The van der Waals surface area contributed by atoms with Gasteiger partial charge in [-0.05, 0) is 62.1 Å². The molecule has 1 aliphatic carbocycles. The number of hydrogen-bond acceptors (Lipinski definition) is 4. The molecule has 33 heavy (non-hydrogen) atoms. The van der Waals surface area contributed by atoms with Crippen LogP contribution in [-0.2, 0) is 24.1 Å². The third-order valence-electron chi connectivity index (χ3n) is 6.16. The number of hydrogen-bond donors (Lipinski definition) is 3. The molecule has 5 rings (SSSR count). The average Bonchev–Trinajstić information content (AvgIpc) is 3.10. The Morgan fingerprint density at radius 2 is 1.82 bits per heavy atom. The number of amides is 1. The van der Waals surface area contributed by atoms with Gasteiger partial charge in [-0.1, -0.05) is 12.1 Å². The summed E-state index contributed by atoms with van der Waals surface area (Å²) in [5.74, 6) is 0.740. The molecule has 0 aliphatic heterocycles. The molecule has 168 valence electrons. The van der Waals surface area contributed by atoms with E-state index in [1.54, 1.807) is 12.1 Å². The number of aromatic amines is 2. The van der Waals surface area contributed by atoms with Gasteiger partial charge in [-0.3, -0.25) is 9.59 Å². The van der Waals surface area contributed by atoms with Crippen molar-refractivity contribution in [3.05, 3.63) is 81.8 Å². The van der Waals surface area contributed by atoms with Crippen LogP contribution in [0.5, 0.6) is 0 Å². The number of H-pyrrole nitrogens is 2. The number of carbonyl (C=O) groups is 1. The fourth-order valence-electron chi connectivity index (χ4n) is 4.36. The Hall–Kier alpha value is -3.81. The maximum atomic E-state index is 13.2. The van der Waals surface area contributed by atoms with Crippen molar-refractivity contribution >= 4 is 16.9 Å². The highest BCUT2D eigenvalue weighted by atomic mass is 19.1. The molecule has 2 aromatic heterocycles. The van der Waals surface area contributed by atoms with Gasteiger partial charge >= 0.3 is 0 Å². The number of halogens is 1. The lowest BCUT2D eigenvalue weighted by Gasteiger charge is -2.13. The molecule has 8 heteroatoms. The van der Waals surface area contributed by atoms with E-state index in [1.165, 1.54) is 12.1 Å². The molecule has 0 radical (unpaired) electrons. The molecule has 0 spiro atoms. The monoisotopic (exact) mass is 445 g/mol. The minimum atomic E-state index is -0.343. The van der Waals surface area contributed by atoms with Crippen LogP contribution in [0.25, 0.3) is 22.4 Å². The SMILES string of the molecule is O=C(NCCc1nc2ccccc2[nH]1)C1CCc2nc(-c3ccc(F)cc3)[nH]c(=O)c2CC1. The van der Waals surface area contributed by atoms with Gasteiger partial charge in [0, 0.05) is 30.0 Å². The van der Waals surface area contributed by atoms with Crippen LogP contribution in [0.4, 0.5) is 4.39 Å². The van der Waals surface area contributed by atoms with E-state index in [2.05, 4.69) is 25.3 Å². The summed E-state index contributed by atoms with van der Waals surface area (Å²) in [5.41, 5.74) is 3.72. The van der Waals surface area contributed by atoms with Crippen molar-refractivity contribution in [3.63, 3.8) is 0 Å². The lowest BCUT2D eigenvalue weighted by atomic mass is 9.99. The Morgan fingerprint density at radius 3 is 2.64 bits per heavy atom. The quantitative estimate of drug-likeness (QED) is 0.410. The van der Waals surface area contributed by atoms with Gasteiger partial charge in [0.2, 0.25) is 5.91 Å². The minimum Gasteiger partial charge on any atom is -0.355 e. The number of rotatable bonds is 5. The highest BCUT2D eigenvalue weighted by molar-refractivity contribution is 5.79. The van der Waals surface area contributed by atoms with Crippen molar-refractivity contribution in [1.82, 2.24) is 25.3 Å². The van der Waals surface area contributed by atoms with Crippen LogP contribution < -0.4 is 10.9 Å². The van der Waals surface area contributed by atoms with Gasteiger partial charge in [-0.25, -0.2) is 14.4 Å². The fraction of sp³-hybridized carbons (Fsp3) is 0.280. The molecule has 4 aromatic rings. The van der Waals surface area contributed by atoms with Gasteiger partial charge in [0.05, 0.1) is 16.7 Å². The van der Waals surface area contributed by atoms with E-state index in [1.807, 2.05) is 24.3 Å². The number of imidazole rings is 1. The molecule has 3 N–H and O–H groups in total. The second-order valence-corrected chi connectivity index (χ2v) is 8.36. The van der Waals surface area contributed by atoms with Crippen LogP contribution in [0.3, 0.4) is 0 Å². The smallest absolute Gasteiger partial charge is 0.254 e. The first kappa shape index (κ1) is 21.1. The summed E-state index contributed by atoms with van der Waals surface area (Å²) in [6.07, 6.45) is 2.90. The van der Waals surface area contributed by atoms with E-state index < -0.39 is 0 Å². The van der Waals surface area contributed by atoms with Crippen molar-refractivity contribution in [2.24, 2.45) is 5.92 Å². The van der Waals surface area contributed by atoms with Crippen LogP contribution in [0, 0.1) is 11.7 Å². The molecule has 1 aliphatic rings. The van der Waals surface area contributed by atoms with Gasteiger partial charge in [-0.15, -0.1) is 0 Å². The topological polar surface area (TPSA) is 104 Å². The predicted molar refractivity (Wildman–Crippen MR) is 123 cm³/mol. The molecule has 0 saturated heterocycles. The van der Waals surface area contributed by atoms with Crippen LogP contribution >= 0.6 is 0 Å². The predicted octanol–water partition coefficient (Wildman–Crippen LogP) is 3.31. The first-order valence-corrected chi connectivity index (χ1v) is 11.2. The number of nitrogens with zero attached hydrogens (tertiary/aromatic N) is 2. The summed E-state index contributed by atoms with van der Waals surface area (Å²) in [6, 6.07) is 13.7. The number of carbonyl (C=O) groups excluding carboxylic acids is 1. The van der Waals surface area contributed by atoms with E-state index in [0.717, 1.165) is 22.6 Å². The van der Waals surface area contributed by atoms with Gasteiger partial charge in [-0.2, -0.15) is 0 Å². The lowest BCUT2D eigenvalue weighted by molar-refractivity contribution is -0.125. The third-order valence-corrected chi connectivity index (χ3v) is 6.16. The second kappa shape index (κ2) is 8.97. The number of nitrogens with one attached hydrogen (secondary N) is 3. The summed E-state index contributed by atoms with van der Waals surface area (Å²) < 4.78 is 13.2. The van der Waals surface area contributed by atoms with E-state index in [0.29, 0.717) is 55.6 Å². The molecular weight excluding hydrogens is 421 g/mol. The Labute approximate surface area is 189 Å². The molecule has 2 aromatic carbocycles. The maximum absolute atomic E-state index is 13.2. The summed E-state index contributed by atoms with van der Waals surface area (Å²) in [7, 11) is 0. The van der Waals surface area contributed by atoms with Gasteiger partial charge < -0.3 is 15.3 Å². The van der Waals surface area contributed by atoms with Crippen LogP contribution in [0.15, 0.2) is 53.3 Å². The first-order valence-electron chi connectivity index (χ1n) is 11.2. The van der Waals surface area contributed by atoms with Crippen LogP contribution in [-0.4, -0.2) is 32.4 Å². The Kier molecular flexibility index (Phi) is 5.73. The number of aryl methyl sites for hydroxylation is 1. The highest BCUT2D eigenvalue weighted by Crippen LogP contribution is 2.24. The molecule has 0 bridgehead atoms. The maximum Gasteiger partial charge on any atom is 0.254 e. The Morgan fingerprint density at radius 1 is 1.03 bits per heavy atom. The molecule has 0 fully saturated rings. The third kappa shape index (κ3) is 4.55. The molecule has 1 atom stereocenters. The van der Waals surface area contributed by atoms with Gasteiger partial charge in [0.15, 0.2) is 0 Å². The van der Waals surface area contributed by atoms with Crippen molar-refractivity contribution in [2.75, 3.05) is 6.54 Å². The average molecular weight is 445 g/mol. The van der Waals surface area contributed by atoms with Crippen LogP contribution in [0.1, 0.15) is 29.9 Å². The largest absolute Gasteiger partial charge is 0.355 e. The van der Waals surface area contributed by atoms with Gasteiger partial charge in [0.25, 0.3) is 5.56 Å². The molecule has 2 heterocycles.